The summed E-state index contributed by atoms with van der Waals surface area (Å²) in [6, 6.07) is 6.16. The van der Waals surface area contributed by atoms with Crippen LogP contribution in [-0.4, -0.2) is 37.0 Å². The van der Waals surface area contributed by atoms with Gasteiger partial charge in [0.2, 0.25) is 0 Å². The fraction of sp³-hybridized carbons (Fsp3) is 0.533. The lowest BCUT2D eigenvalue weighted by molar-refractivity contribution is 0.0615. The summed E-state index contributed by atoms with van der Waals surface area (Å²) in [4.78, 5) is 14.7. The number of benzene rings is 1. The van der Waals surface area contributed by atoms with Gasteiger partial charge in [0.05, 0.1) is 0 Å². The van der Waals surface area contributed by atoms with E-state index in [2.05, 4.69) is 21.2 Å². The van der Waals surface area contributed by atoms with Crippen molar-refractivity contribution in [3.8, 4) is 0 Å². The predicted octanol–water partition coefficient (Wildman–Crippen LogP) is 2.97. The molecule has 0 aromatic heterocycles. The van der Waals surface area contributed by atoms with Crippen LogP contribution in [0, 0.1) is 6.92 Å². The van der Waals surface area contributed by atoms with Crippen LogP contribution in [0.4, 0.5) is 0 Å². The molecule has 1 atom stereocenters. The molecule has 0 aliphatic carbocycles. The lowest BCUT2D eigenvalue weighted by Gasteiger charge is -2.36. The first-order chi connectivity index (χ1) is 9.13. The molecule has 1 heterocycles. The maximum absolute atomic E-state index is 12.6. The van der Waals surface area contributed by atoms with Crippen LogP contribution in [0.25, 0.3) is 0 Å². The quantitative estimate of drug-likeness (QED) is 0.927. The summed E-state index contributed by atoms with van der Waals surface area (Å²) in [6.45, 7) is 3.77. The number of nitrogens with one attached hydrogen (secondary N) is 1. The number of amides is 1. The van der Waals surface area contributed by atoms with Gasteiger partial charge < -0.3 is 10.2 Å². The number of aryl methyl sites for hydroxylation is 1. The third-order valence-electron chi connectivity index (χ3n) is 3.73. The first-order valence-electron chi connectivity index (χ1n) is 6.85. The Kier molecular flexibility index (Phi) is 4.99. The van der Waals surface area contributed by atoms with E-state index in [4.69, 9.17) is 0 Å². The lowest BCUT2D eigenvalue weighted by atomic mass is 10.0. The highest BCUT2D eigenvalue weighted by Gasteiger charge is 2.26. The lowest BCUT2D eigenvalue weighted by Crippen LogP contribution is -2.48. The summed E-state index contributed by atoms with van der Waals surface area (Å²) >= 11 is 3.48. The van der Waals surface area contributed by atoms with Crippen LogP contribution < -0.4 is 5.32 Å². The normalized spacial score (nSPS) is 19.5. The minimum Gasteiger partial charge on any atom is -0.334 e. The van der Waals surface area contributed by atoms with Gasteiger partial charge in [-0.25, -0.2) is 0 Å². The molecule has 1 saturated heterocycles. The second-order valence-electron chi connectivity index (χ2n) is 5.17. The minimum absolute atomic E-state index is 0.163. The summed E-state index contributed by atoms with van der Waals surface area (Å²) in [5.74, 6) is 0.163. The highest BCUT2D eigenvalue weighted by atomic mass is 79.9. The zero-order valence-corrected chi connectivity index (χ0v) is 13.2. The average Bonchev–Trinajstić information content (AvgIpc) is 2.42. The number of likely N-dealkylation sites (N-methyl/N-ethyl adjacent to an activating group) is 1. The third kappa shape index (κ3) is 3.37. The van der Waals surface area contributed by atoms with Gasteiger partial charge in [0, 0.05) is 29.2 Å². The Bertz CT molecular complexity index is 459. The molecule has 1 aromatic carbocycles. The molecule has 1 aliphatic rings. The maximum atomic E-state index is 12.6. The van der Waals surface area contributed by atoms with Crippen LogP contribution in [0.5, 0.6) is 0 Å². The molecular formula is C15H21BrN2O. The van der Waals surface area contributed by atoms with Crippen LogP contribution in [0.15, 0.2) is 22.7 Å². The molecule has 4 heteroatoms. The molecule has 1 N–H and O–H groups in total. The fourth-order valence-electron chi connectivity index (χ4n) is 2.66. The summed E-state index contributed by atoms with van der Waals surface area (Å²) in [5.41, 5.74) is 1.90. The monoisotopic (exact) mass is 324 g/mol. The molecule has 1 unspecified atom stereocenters. The Labute approximate surface area is 123 Å². The number of piperidine rings is 1. The molecule has 0 bridgehead atoms. The second kappa shape index (κ2) is 6.53. The molecule has 19 heavy (non-hydrogen) atoms. The van der Waals surface area contributed by atoms with Crippen LogP contribution in [0.2, 0.25) is 0 Å². The number of carbonyl (C=O) groups is 1. The average molecular weight is 325 g/mol. The van der Waals surface area contributed by atoms with Crippen molar-refractivity contribution < 1.29 is 4.79 Å². The van der Waals surface area contributed by atoms with Gasteiger partial charge >= 0.3 is 0 Å². The summed E-state index contributed by atoms with van der Waals surface area (Å²) in [7, 11) is 1.95. The van der Waals surface area contributed by atoms with Gasteiger partial charge in [-0.05, 0) is 57.0 Å². The van der Waals surface area contributed by atoms with Crippen molar-refractivity contribution in [2.75, 3.05) is 20.1 Å². The predicted molar refractivity (Wildman–Crippen MR) is 81.5 cm³/mol. The Hall–Kier alpha value is -0.870. The Morgan fingerprint density at radius 1 is 1.47 bits per heavy atom. The first-order valence-corrected chi connectivity index (χ1v) is 7.64. The molecule has 2 rings (SSSR count). The van der Waals surface area contributed by atoms with Gasteiger partial charge in [0.15, 0.2) is 0 Å². The molecule has 0 spiro atoms. The van der Waals surface area contributed by atoms with Gasteiger partial charge in [-0.3, -0.25) is 4.79 Å². The molecule has 1 amide bonds. The van der Waals surface area contributed by atoms with E-state index >= 15 is 0 Å². The van der Waals surface area contributed by atoms with Crippen molar-refractivity contribution in [1.82, 2.24) is 10.2 Å². The summed E-state index contributed by atoms with van der Waals surface area (Å²) in [5, 5.41) is 3.19. The Balaban J connectivity index is 2.18. The van der Waals surface area contributed by atoms with Crippen molar-refractivity contribution in [1.29, 1.82) is 0 Å². The van der Waals surface area contributed by atoms with Crippen molar-refractivity contribution >= 4 is 21.8 Å². The Morgan fingerprint density at radius 3 is 2.95 bits per heavy atom. The van der Waals surface area contributed by atoms with E-state index in [1.54, 1.807) is 0 Å². The van der Waals surface area contributed by atoms with Gasteiger partial charge in [-0.1, -0.05) is 15.9 Å². The summed E-state index contributed by atoms with van der Waals surface area (Å²) in [6.07, 6.45) is 3.43. The summed E-state index contributed by atoms with van der Waals surface area (Å²) < 4.78 is 1.05. The highest BCUT2D eigenvalue weighted by Crippen LogP contribution is 2.22. The molecule has 1 aliphatic heterocycles. The highest BCUT2D eigenvalue weighted by molar-refractivity contribution is 9.10. The third-order valence-corrected chi connectivity index (χ3v) is 4.62. The zero-order valence-electron chi connectivity index (χ0n) is 11.6. The number of nitrogens with zero attached hydrogens (tertiary/aromatic N) is 1. The van der Waals surface area contributed by atoms with Crippen LogP contribution in [-0.2, 0) is 0 Å². The minimum atomic E-state index is 0.163. The van der Waals surface area contributed by atoms with E-state index in [0.717, 1.165) is 41.5 Å². The van der Waals surface area contributed by atoms with Crippen LogP contribution in [0.1, 0.15) is 35.2 Å². The van der Waals surface area contributed by atoms with Crippen molar-refractivity contribution in [2.45, 2.75) is 32.2 Å². The van der Waals surface area contributed by atoms with Crippen LogP contribution in [0.3, 0.4) is 0 Å². The van der Waals surface area contributed by atoms with Gasteiger partial charge in [0.1, 0.15) is 0 Å². The number of halogens is 1. The van der Waals surface area contributed by atoms with Gasteiger partial charge in [-0.2, -0.15) is 0 Å². The standard InChI is InChI=1S/C15H21BrN2O/c1-11-9-12(6-7-14(11)16)15(19)18-8-4-3-5-13(18)10-17-2/h6-7,9,13,17H,3-5,8,10H2,1-2H3. The maximum Gasteiger partial charge on any atom is 0.254 e. The number of rotatable bonds is 3. The smallest absolute Gasteiger partial charge is 0.254 e. The van der Waals surface area contributed by atoms with Crippen molar-refractivity contribution in [2.24, 2.45) is 0 Å². The van der Waals surface area contributed by atoms with Gasteiger partial charge in [0.25, 0.3) is 5.91 Å². The first kappa shape index (κ1) is 14.5. The molecule has 3 nitrogen and oxygen atoms in total. The Morgan fingerprint density at radius 2 is 2.26 bits per heavy atom. The number of hydrogen-bond donors (Lipinski definition) is 1. The molecule has 1 aromatic rings. The van der Waals surface area contributed by atoms with E-state index in [-0.39, 0.29) is 5.91 Å². The fourth-order valence-corrected chi connectivity index (χ4v) is 2.91. The number of carbonyl (C=O) groups excluding carboxylic acids is 1. The van der Waals surface area contributed by atoms with E-state index in [1.807, 2.05) is 37.1 Å². The van der Waals surface area contributed by atoms with E-state index < -0.39 is 0 Å². The van der Waals surface area contributed by atoms with E-state index in [9.17, 15) is 4.79 Å². The topological polar surface area (TPSA) is 32.3 Å². The largest absolute Gasteiger partial charge is 0.334 e. The molecule has 0 radical (unpaired) electrons. The van der Waals surface area contributed by atoms with Gasteiger partial charge in [-0.15, -0.1) is 0 Å². The molecular weight excluding hydrogens is 304 g/mol. The number of likely N-dealkylation sites (tertiary alicyclic amines) is 1. The SMILES string of the molecule is CNCC1CCCCN1C(=O)c1ccc(Br)c(C)c1. The van der Waals surface area contributed by atoms with Crippen molar-refractivity contribution in [3.05, 3.63) is 33.8 Å². The molecule has 0 saturated carbocycles. The molecule has 1 fully saturated rings. The number of hydrogen-bond acceptors (Lipinski definition) is 2. The van der Waals surface area contributed by atoms with Crippen molar-refractivity contribution in [3.63, 3.8) is 0 Å². The second-order valence-corrected chi connectivity index (χ2v) is 6.02. The van der Waals surface area contributed by atoms with Crippen LogP contribution >= 0.6 is 15.9 Å². The van der Waals surface area contributed by atoms with E-state index in [0.29, 0.717) is 6.04 Å². The van der Waals surface area contributed by atoms with E-state index in [1.165, 1.54) is 6.42 Å². The zero-order chi connectivity index (χ0) is 13.8. The molecule has 104 valence electrons.